The molecule has 7 nitrogen and oxygen atoms in total. The van der Waals surface area contributed by atoms with Gasteiger partial charge >= 0.3 is 5.97 Å². The highest BCUT2D eigenvalue weighted by Crippen LogP contribution is 2.35. The predicted molar refractivity (Wildman–Crippen MR) is 73.0 cm³/mol. The fraction of sp³-hybridized carbons (Fsp3) is 0.0714. The molecular formula is C14H10N2O5. The number of nitro groups is 1. The van der Waals surface area contributed by atoms with Crippen molar-refractivity contribution in [2.24, 2.45) is 0 Å². The smallest absolute Gasteiger partial charge is 0.340 e. The Morgan fingerprint density at radius 1 is 1.24 bits per heavy atom. The molecule has 7 heteroatoms. The van der Waals surface area contributed by atoms with Crippen molar-refractivity contribution in [2.75, 3.05) is 5.32 Å². The van der Waals surface area contributed by atoms with Gasteiger partial charge in [0.1, 0.15) is 5.75 Å². The van der Waals surface area contributed by atoms with Crippen molar-refractivity contribution in [2.45, 2.75) is 6.23 Å². The molecule has 0 bridgehead atoms. The van der Waals surface area contributed by atoms with Crippen molar-refractivity contribution in [1.29, 1.82) is 0 Å². The second-order valence-corrected chi connectivity index (χ2v) is 4.48. The standard InChI is InChI=1S/C14H10N2O5/c17-12-7-8(16(19)20)5-6-11(12)15-13-9-3-1-2-4-10(9)14(18)21-13/h1-7,13,15,17H. The van der Waals surface area contributed by atoms with Crippen LogP contribution in [0.25, 0.3) is 0 Å². The average Bonchev–Trinajstić information content (AvgIpc) is 2.78. The Hall–Kier alpha value is -3.09. The number of carbonyl (C=O) groups is 1. The number of anilines is 1. The van der Waals surface area contributed by atoms with Crippen LogP contribution < -0.4 is 5.32 Å². The minimum absolute atomic E-state index is 0.220. The number of esters is 1. The minimum Gasteiger partial charge on any atom is -0.506 e. The predicted octanol–water partition coefficient (Wildman–Crippen LogP) is 2.58. The van der Waals surface area contributed by atoms with E-state index >= 15 is 0 Å². The van der Waals surface area contributed by atoms with Crippen LogP contribution in [0.5, 0.6) is 5.75 Å². The highest BCUT2D eigenvalue weighted by atomic mass is 16.6. The number of carbonyl (C=O) groups excluding carboxylic acids is 1. The van der Waals surface area contributed by atoms with Crippen molar-refractivity contribution in [3.8, 4) is 5.75 Å². The molecule has 0 amide bonds. The zero-order valence-electron chi connectivity index (χ0n) is 10.6. The van der Waals surface area contributed by atoms with Gasteiger partial charge in [-0.2, -0.15) is 0 Å². The summed E-state index contributed by atoms with van der Waals surface area (Å²) in [5.41, 5.74) is 1.13. The number of aromatic hydroxyl groups is 1. The van der Waals surface area contributed by atoms with Gasteiger partial charge in [0.25, 0.3) is 5.69 Å². The lowest BCUT2D eigenvalue weighted by molar-refractivity contribution is -0.384. The van der Waals surface area contributed by atoms with E-state index in [0.29, 0.717) is 11.1 Å². The normalized spacial score (nSPS) is 16.2. The van der Waals surface area contributed by atoms with Gasteiger partial charge in [-0.25, -0.2) is 4.79 Å². The molecule has 0 spiro atoms. The lowest BCUT2D eigenvalue weighted by Gasteiger charge is -2.15. The van der Waals surface area contributed by atoms with Gasteiger partial charge < -0.3 is 15.2 Å². The van der Waals surface area contributed by atoms with Gasteiger partial charge in [0.05, 0.1) is 22.2 Å². The summed E-state index contributed by atoms with van der Waals surface area (Å²) >= 11 is 0. The maximum absolute atomic E-state index is 11.7. The molecule has 106 valence electrons. The van der Waals surface area contributed by atoms with E-state index in [9.17, 15) is 20.0 Å². The molecule has 1 aliphatic heterocycles. The number of nitrogens with one attached hydrogen (secondary N) is 1. The largest absolute Gasteiger partial charge is 0.506 e. The van der Waals surface area contributed by atoms with E-state index < -0.39 is 17.1 Å². The molecule has 0 aliphatic carbocycles. The maximum atomic E-state index is 11.7. The van der Waals surface area contributed by atoms with E-state index in [2.05, 4.69) is 5.32 Å². The van der Waals surface area contributed by atoms with Crippen molar-refractivity contribution < 1.29 is 19.6 Å². The number of ether oxygens (including phenoxy) is 1. The molecule has 0 saturated carbocycles. The zero-order chi connectivity index (χ0) is 15.0. The number of fused-ring (bicyclic) bond motifs is 1. The molecule has 2 aromatic rings. The van der Waals surface area contributed by atoms with E-state index in [0.717, 1.165) is 6.07 Å². The van der Waals surface area contributed by atoms with E-state index in [-0.39, 0.29) is 17.1 Å². The summed E-state index contributed by atoms with van der Waals surface area (Å²) in [4.78, 5) is 21.7. The monoisotopic (exact) mass is 286 g/mol. The van der Waals surface area contributed by atoms with E-state index in [4.69, 9.17) is 4.74 Å². The van der Waals surface area contributed by atoms with Gasteiger partial charge in [0, 0.05) is 11.6 Å². The topological polar surface area (TPSA) is 102 Å². The number of rotatable bonds is 3. The third kappa shape index (κ3) is 2.25. The number of non-ortho nitro benzene ring substituents is 1. The third-order valence-corrected chi connectivity index (χ3v) is 3.17. The second kappa shape index (κ2) is 4.78. The van der Waals surface area contributed by atoms with Gasteiger partial charge in [-0.1, -0.05) is 18.2 Å². The van der Waals surface area contributed by atoms with Crippen LogP contribution in [-0.4, -0.2) is 16.0 Å². The molecule has 0 saturated heterocycles. The maximum Gasteiger partial charge on any atom is 0.340 e. The van der Waals surface area contributed by atoms with E-state index in [1.807, 2.05) is 0 Å². The molecule has 1 unspecified atom stereocenters. The highest BCUT2D eigenvalue weighted by molar-refractivity contribution is 5.94. The molecule has 21 heavy (non-hydrogen) atoms. The summed E-state index contributed by atoms with van der Waals surface area (Å²) in [5.74, 6) is -0.742. The molecule has 1 atom stereocenters. The Labute approximate surface area is 118 Å². The van der Waals surface area contributed by atoms with Gasteiger partial charge in [0.15, 0.2) is 0 Å². The summed E-state index contributed by atoms with van der Waals surface area (Å²) in [7, 11) is 0. The summed E-state index contributed by atoms with van der Waals surface area (Å²) < 4.78 is 5.17. The van der Waals surface area contributed by atoms with Crippen molar-refractivity contribution >= 4 is 17.3 Å². The lowest BCUT2D eigenvalue weighted by Crippen LogP contribution is -2.10. The first-order chi connectivity index (χ1) is 10.1. The number of phenolic OH excluding ortho intramolecular Hbond substituents is 1. The Morgan fingerprint density at radius 3 is 2.71 bits per heavy atom. The first kappa shape index (κ1) is 12.9. The van der Waals surface area contributed by atoms with Gasteiger partial charge in [-0.15, -0.1) is 0 Å². The number of phenols is 1. The number of hydrogen-bond donors (Lipinski definition) is 2. The second-order valence-electron chi connectivity index (χ2n) is 4.48. The van der Waals surface area contributed by atoms with Crippen LogP contribution in [-0.2, 0) is 4.74 Å². The quantitative estimate of drug-likeness (QED) is 0.389. The lowest BCUT2D eigenvalue weighted by atomic mass is 10.1. The van der Waals surface area contributed by atoms with Crippen LogP contribution in [0.2, 0.25) is 0 Å². The molecule has 2 aromatic carbocycles. The fourth-order valence-electron chi connectivity index (χ4n) is 2.15. The molecular weight excluding hydrogens is 276 g/mol. The van der Waals surface area contributed by atoms with Crippen molar-refractivity contribution in [3.63, 3.8) is 0 Å². The zero-order valence-corrected chi connectivity index (χ0v) is 10.6. The number of benzene rings is 2. The Morgan fingerprint density at radius 2 is 2.00 bits per heavy atom. The summed E-state index contributed by atoms with van der Waals surface area (Å²) in [6, 6.07) is 10.5. The summed E-state index contributed by atoms with van der Waals surface area (Å²) in [6.07, 6.45) is -0.735. The molecule has 0 fully saturated rings. The SMILES string of the molecule is O=C1OC(Nc2ccc([N+](=O)[O-])cc2O)c2ccccc21. The fourth-order valence-corrected chi connectivity index (χ4v) is 2.15. The molecule has 0 aromatic heterocycles. The first-order valence-corrected chi connectivity index (χ1v) is 6.10. The number of nitro benzene ring substituents is 1. The van der Waals surface area contributed by atoms with Crippen molar-refractivity contribution in [3.05, 3.63) is 63.7 Å². The molecule has 1 aliphatic rings. The van der Waals surface area contributed by atoms with E-state index in [1.165, 1.54) is 12.1 Å². The van der Waals surface area contributed by atoms with Gasteiger partial charge in [-0.05, 0) is 12.1 Å². The van der Waals surface area contributed by atoms with Crippen LogP contribution in [0.15, 0.2) is 42.5 Å². The summed E-state index contributed by atoms with van der Waals surface area (Å²) in [6.45, 7) is 0. The summed E-state index contributed by atoms with van der Waals surface area (Å²) in [5, 5.41) is 23.3. The Bertz CT molecular complexity index is 744. The molecule has 0 radical (unpaired) electrons. The van der Waals surface area contributed by atoms with Crippen LogP contribution >= 0.6 is 0 Å². The highest BCUT2D eigenvalue weighted by Gasteiger charge is 2.31. The minimum atomic E-state index is -0.735. The van der Waals surface area contributed by atoms with Gasteiger partial charge in [0.2, 0.25) is 6.23 Å². The van der Waals surface area contributed by atoms with Gasteiger partial charge in [-0.3, -0.25) is 10.1 Å². The third-order valence-electron chi connectivity index (χ3n) is 3.17. The Balaban J connectivity index is 1.89. The van der Waals surface area contributed by atoms with Crippen LogP contribution in [0, 0.1) is 10.1 Å². The average molecular weight is 286 g/mol. The number of nitrogens with zero attached hydrogens (tertiary/aromatic N) is 1. The molecule has 1 heterocycles. The number of cyclic esters (lactones) is 1. The number of hydrogen-bond acceptors (Lipinski definition) is 6. The van der Waals surface area contributed by atoms with Crippen molar-refractivity contribution in [1.82, 2.24) is 0 Å². The van der Waals surface area contributed by atoms with Crippen LogP contribution in [0.4, 0.5) is 11.4 Å². The molecule has 3 rings (SSSR count). The molecule has 2 N–H and O–H groups in total. The Kier molecular flexibility index (Phi) is 2.94. The van der Waals surface area contributed by atoms with E-state index in [1.54, 1.807) is 24.3 Å². The van der Waals surface area contributed by atoms with Crippen LogP contribution in [0.1, 0.15) is 22.1 Å². The first-order valence-electron chi connectivity index (χ1n) is 6.10. The van der Waals surface area contributed by atoms with Crippen LogP contribution in [0.3, 0.4) is 0 Å².